The van der Waals surface area contributed by atoms with E-state index in [1.165, 1.54) is 4.90 Å². The minimum Gasteiger partial charge on any atom is -0.352 e. The third-order valence-electron chi connectivity index (χ3n) is 5.66. The first kappa shape index (κ1) is 27.4. The van der Waals surface area contributed by atoms with Crippen molar-refractivity contribution in [2.75, 3.05) is 17.1 Å². The molecule has 0 unspecified atom stereocenters. The molecule has 186 valence electrons. The highest BCUT2D eigenvalue weighted by Crippen LogP contribution is 2.27. The third-order valence-corrected chi connectivity index (χ3v) is 6.77. The number of hydrogen-bond acceptors (Lipinski definition) is 4. The van der Waals surface area contributed by atoms with Crippen molar-refractivity contribution in [2.45, 2.75) is 66.6 Å². The molecule has 2 amide bonds. The van der Waals surface area contributed by atoms with Crippen molar-refractivity contribution < 1.29 is 18.0 Å². The molecular weight excluding hydrogens is 450 g/mol. The van der Waals surface area contributed by atoms with Gasteiger partial charge in [0.25, 0.3) is 0 Å². The van der Waals surface area contributed by atoms with Crippen molar-refractivity contribution in [1.29, 1.82) is 0 Å². The van der Waals surface area contributed by atoms with Gasteiger partial charge in [-0.05, 0) is 57.7 Å². The predicted molar refractivity (Wildman–Crippen MR) is 137 cm³/mol. The summed E-state index contributed by atoms with van der Waals surface area (Å²) in [5.74, 6) is -0.685. The van der Waals surface area contributed by atoms with E-state index in [0.29, 0.717) is 12.1 Å². The predicted octanol–water partition coefficient (Wildman–Crippen LogP) is 3.71. The van der Waals surface area contributed by atoms with E-state index in [1.54, 1.807) is 0 Å². The van der Waals surface area contributed by atoms with Gasteiger partial charge in [-0.1, -0.05) is 55.0 Å². The van der Waals surface area contributed by atoms with E-state index < -0.39 is 22.0 Å². The number of hydrogen-bond donors (Lipinski definition) is 1. The largest absolute Gasteiger partial charge is 0.352 e. The summed E-state index contributed by atoms with van der Waals surface area (Å²) in [4.78, 5) is 28.2. The molecule has 7 nitrogen and oxygen atoms in total. The Morgan fingerprint density at radius 1 is 0.971 bits per heavy atom. The minimum atomic E-state index is -3.76. The fourth-order valence-electron chi connectivity index (χ4n) is 3.97. The highest BCUT2D eigenvalue weighted by molar-refractivity contribution is 7.92. The van der Waals surface area contributed by atoms with Gasteiger partial charge in [0.15, 0.2) is 0 Å². The molecule has 2 rings (SSSR count). The van der Waals surface area contributed by atoms with E-state index in [0.717, 1.165) is 32.8 Å². The average molecular weight is 488 g/mol. The summed E-state index contributed by atoms with van der Waals surface area (Å²) in [7, 11) is -3.76. The second-order valence-corrected chi connectivity index (χ2v) is 11.0. The number of para-hydroxylation sites is 1. The number of amides is 2. The van der Waals surface area contributed by atoms with Crippen molar-refractivity contribution in [1.82, 2.24) is 10.2 Å². The minimum absolute atomic E-state index is 0.0833. The number of anilines is 1. The standard InChI is InChI=1S/C26H37N3O4S/c1-8-23(26(31)27-18(2)3)28(16-22-14-12-19(4)13-15-22)24(30)17-29(34(7,32)33)25-20(5)10-9-11-21(25)6/h9-15,18,23H,8,16-17H2,1-7H3,(H,27,31)/t23-/m1/s1. The molecule has 0 saturated carbocycles. The number of aryl methyl sites for hydroxylation is 3. The lowest BCUT2D eigenvalue weighted by Crippen LogP contribution is -2.53. The highest BCUT2D eigenvalue weighted by atomic mass is 32.2. The molecule has 0 saturated heterocycles. The first-order valence-electron chi connectivity index (χ1n) is 11.5. The van der Waals surface area contributed by atoms with Gasteiger partial charge in [0.05, 0.1) is 11.9 Å². The van der Waals surface area contributed by atoms with Crippen LogP contribution in [0.4, 0.5) is 5.69 Å². The van der Waals surface area contributed by atoms with Crippen molar-refractivity contribution >= 4 is 27.5 Å². The molecule has 0 spiro atoms. The summed E-state index contributed by atoms with van der Waals surface area (Å²) in [6, 6.07) is 12.4. The number of carbonyl (C=O) groups is 2. The van der Waals surface area contributed by atoms with Gasteiger partial charge in [0, 0.05) is 12.6 Å². The number of nitrogens with one attached hydrogen (secondary N) is 1. The lowest BCUT2D eigenvalue weighted by atomic mass is 10.1. The number of nitrogens with zero attached hydrogens (tertiary/aromatic N) is 2. The van der Waals surface area contributed by atoms with Crippen LogP contribution in [0.2, 0.25) is 0 Å². The first-order valence-corrected chi connectivity index (χ1v) is 13.4. The number of rotatable bonds is 10. The van der Waals surface area contributed by atoms with Gasteiger partial charge in [0.1, 0.15) is 12.6 Å². The van der Waals surface area contributed by atoms with Gasteiger partial charge < -0.3 is 10.2 Å². The SMILES string of the molecule is CC[C@H](C(=O)NC(C)C)N(Cc1ccc(C)cc1)C(=O)CN(c1c(C)cccc1C)S(C)(=O)=O. The number of carbonyl (C=O) groups excluding carboxylic acids is 2. The van der Waals surface area contributed by atoms with Crippen LogP contribution in [0.3, 0.4) is 0 Å². The Balaban J connectivity index is 2.49. The summed E-state index contributed by atoms with van der Waals surface area (Å²) in [5.41, 5.74) is 3.96. The molecule has 2 aromatic rings. The second kappa shape index (κ2) is 11.5. The van der Waals surface area contributed by atoms with Crippen molar-refractivity contribution in [2.24, 2.45) is 0 Å². The fraction of sp³-hybridized carbons (Fsp3) is 0.462. The Kier molecular flexibility index (Phi) is 9.27. The molecule has 34 heavy (non-hydrogen) atoms. The van der Waals surface area contributed by atoms with Gasteiger partial charge >= 0.3 is 0 Å². The first-order chi connectivity index (χ1) is 15.8. The van der Waals surface area contributed by atoms with Crippen LogP contribution in [-0.2, 0) is 26.2 Å². The van der Waals surface area contributed by atoms with E-state index >= 15 is 0 Å². The zero-order valence-electron chi connectivity index (χ0n) is 21.3. The van der Waals surface area contributed by atoms with E-state index in [4.69, 9.17) is 0 Å². The third kappa shape index (κ3) is 7.06. The monoisotopic (exact) mass is 487 g/mol. The van der Waals surface area contributed by atoms with Crippen LogP contribution in [0.15, 0.2) is 42.5 Å². The Bertz CT molecular complexity index is 1090. The van der Waals surface area contributed by atoms with Crippen molar-refractivity contribution in [3.8, 4) is 0 Å². The van der Waals surface area contributed by atoms with Crippen LogP contribution >= 0.6 is 0 Å². The molecule has 0 fully saturated rings. The highest BCUT2D eigenvalue weighted by Gasteiger charge is 2.32. The molecular formula is C26H37N3O4S. The Hall–Kier alpha value is -2.87. The van der Waals surface area contributed by atoms with Crippen LogP contribution < -0.4 is 9.62 Å². The van der Waals surface area contributed by atoms with Gasteiger partial charge in [-0.3, -0.25) is 13.9 Å². The topological polar surface area (TPSA) is 86.8 Å². The molecule has 0 aromatic heterocycles. The van der Waals surface area contributed by atoms with Crippen LogP contribution in [0, 0.1) is 20.8 Å². The molecule has 1 N–H and O–H groups in total. The average Bonchev–Trinajstić information content (AvgIpc) is 2.72. The molecule has 0 aliphatic rings. The number of benzene rings is 2. The zero-order chi connectivity index (χ0) is 25.6. The molecule has 8 heteroatoms. The summed E-state index contributed by atoms with van der Waals surface area (Å²) < 4.78 is 26.7. The van der Waals surface area contributed by atoms with E-state index in [9.17, 15) is 18.0 Å². The fourth-order valence-corrected chi connectivity index (χ4v) is 4.93. The lowest BCUT2D eigenvalue weighted by molar-refractivity contribution is -0.140. The van der Waals surface area contributed by atoms with Crippen LogP contribution in [-0.4, -0.2) is 50.0 Å². The van der Waals surface area contributed by atoms with Crippen molar-refractivity contribution in [3.63, 3.8) is 0 Å². The van der Waals surface area contributed by atoms with Gasteiger partial charge in [0.2, 0.25) is 21.8 Å². The summed E-state index contributed by atoms with van der Waals surface area (Å²) in [6.45, 7) is 11.0. The van der Waals surface area contributed by atoms with Crippen molar-refractivity contribution in [3.05, 3.63) is 64.7 Å². The summed E-state index contributed by atoms with van der Waals surface area (Å²) in [5, 5.41) is 2.89. The Labute approximate surface area is 204 Å². The van der Waals surface area contributed by atoms with E-state index in [1.807, 2.05) is 84.0 Å². The van der Waals surface area contributed by atoms with E-state index in [-0.39, 0.29) is 25.0 Å². The van der Waals surface area contributed by atoms with Crippen LogP contribution in [0.5, 0.6) is 0 Å². The molecule has 0 aliphatic heterocycles. The van der Waals surface area contributed by atoms with Crippen LogP contribution in [0.25, 0.3) is 0 Å². The molecule has 1 atom stereocenters. The van der Waals surface area contributed by atoms with E-state index in [2.05, 4.69) is 5.32 Å². The molecule has 0 radical (unpaired) electrons. The maximum absolute atomic E-state index is 13.7. The van der Waals surface area contributed by atoms with Gasteiger partial charge in [-0.2, -0.15) is 0 Å². The maximum Gasteiger partial charge on any atom is 0.244 e. The lowest BCUT2D eigenvalue weighted by Gasteiger charge is -2.34. The van der Waals surface area contributed by atoms with Crippen LogP contribution in [0.1, 0.15) is 49.4 Å². The summed E-state index contributed by atoms with van der Waals surface area (Å²) in [6.07, 6.45) is 1.50. The van der Waals surface area contributed by atoms with Gasteiger partial charge in [-0.25, -0.2) is 8.42 Å². The number of sulfonamides is 1. The smallest absolute Gasteiger partial charge is 0.244 e. The Morgan fingerprint density at radius 3 is 2.00 bits per heavy atom. The normalized spacial score (nSPS) is 12.4. The maximum atomic E-state index is 13.7. The van der Waals surface area contributed by atoms with Gasteiger partial charge in [-0.15, -0.1) is 0 Å². The molecule has 2 aromatic carbocycles. The molecule has 0 bridgehead atoms. The second-order valence-electron chi connectivity index (χ2n) is 9.10. The Morgan fingerprint density at radius 2 is 1.53 bits per heavy atom. The molecule has 0 aliphatic carbocycles. The zero-order valence-corrected chi connectivity index (χ0v) is 22.1. The quantitative estimate of drug-likeness (QED) is 0.554. The molecule has 0 heterocycles. The summed E-state index contributed by atoms with van der Waals surface area (Å²) >= 11 is 0.